The molecule has 1 fully saturated rings. The van der Waals surface area contributed by atoms with Gasteiger partial charge in [0, 0.05) is 22.8 Å². The fraction of sp³-hybridized carbons (Fsp3) is 0.276. The number of rotatable bonds is 8. The quantitative estimate of drug-likeness (QED) is 0.312. The van der Waals surface area contributed by atoms with Crippen molar-refractivity contribution in [1.82, 2.24) is 20.5 Å². The number of amides is 1. The van der Waals surface area contributed by atoms with Crippen LogP contribution >= 0.6 is 23.5 Å². The van der Waals surface area contributed by atoms with Crippen molar-refractivity contribution in [3.8, 4) is 0 Å². The summed E-state index contributed by atoms with van der Waals surface area (Å²) < 4.78 is 6.21. The number of nitrogens with one attached hydrogen (secondary N) is 1. The van der Waals surface area contributed by atoms with Gasteiger partial charge in [0.05, 0.1) is 11.2 Å². The number of benzene rings is 2. The number of nitrogens with two attached hydrogens (primary N) is 1. The molecule has 0 bridgehead atoms. The molecule has 4 N–H and O–H groups in total. The van der Waals surface area contributed by atoms with Crippen molar-refractivity contribution in [3.63, 3.8) is 0 Å². The van der Waals surface area contributed by atoms with Gasteiger partial charge in [-0.1, -0.05) is 60.7 Å². The lowest BCUT2D eigenvalue weighted by atomic mass is 10.0. The molecule has 4 heterocycles. The van der Waals surface area contributed by atoms with Gasteiger partial charge in [0.2, 0.25) is 5.91 Å². The van der Waals surface area contributed by atoms with Gasteiger partial charge >= 0.3 is 5.97 Å². The maximum atomic E-state index is 14.0. The first kappa shape index (κ1) is 27.6. The summed E-state index contributed by atoms with van der Waals surface area (Å²) in [4.78, 5) is 33.1. The van der Waals surface area contributed by atoms with Gasteiger partial charge in [0.1, 0.15) is 23.8 Å². The van der Waals surface area contributed by atoms with Gasteiger partial charge in [-0.05, 0) is 30.5 Å². The van der Waals surface area contributed by atoms with Crippen molar-refractivity contribution in [1.29, 1.82) is 0 Å². The number of ether oxygens (including phenoxy) is 1. The lowest BCUT2D eigenvalue weighted by Crippen LogP contribution is -2.68. The largest absolute Gasteiger partial charge is 0.448 e. The summed E-state index contributed by atoms with van der Waals surface area (Å²) in [6, 6.07) is 18.5. The Hall–Kier alpha value is -3.55. The molecule has 1 saturated heterocycles. The summed E-state index contributed by atoms with van der Waals surface area (Å²) in [6.07, 6.45) is 1.09. The first-order chi connectivity index (χ1) is 19.9. The Bertz CT molecular complexity index is 1450. The summed E-state index contributed by atoms with van der Waals surface area (Å²) in [7, 11) is 0. The van der Waals surface area contributed by atoms with Gasteiger partial charge in [-0.15, -0.1) is 29.1 Å². The van der Waals surface area contributed by atoms with E-state index >= 15 is 0 Å². The number of carbonyl (C=O) groups is 2. The fourth-order valence-electron chi connectivity index (χ4n) is 5.04. The zero-order valence-electron chi connectivity index (χ0n) is 22.6. The van der Waals surface area contributed by atoms with Gasteiger partial charge in [-0.3, -0.25) is 14.7 Å². The first-order valence-electron chi connectivity index (χ1n) is 13.2. The molecule has 0 aliphatic carbocycles. The average molecular weight is 591 g/mol. The summed E-state index contributed by atoms with van der Waals surface area (Å²) in [5.74, 6) is 0.804. The van der Waals surface area contributed by atoms with Crippen LogP contribution in [0.4, 0.5) is 0 Å². The number of hydrazine groups is 2. The Morgan fingerprint density at radius 2 is 1.83 bits per heavy atom. The summed E-state index contributed by atoms with van der Waals surface area (Å²) in [5, 5.41) is 13.5. The molecule has 1 unspecified atom stereocenters. The molecule has 12 heteroatoms. The number of aliphatic hydroxyl groups is 1. The van der Waals surface area contributed by atoms with Crippen molar-refractivity contribution in [2.45, 2.75) is 31.4 Å². The van der Waals surface area contributed by atoms with Gasteiger partial charge in [0.25, 0.3) is 0 Å². The first-order valence-corrected chi connectivity index (χ1v) is 15.2. The highest BCUT2D eigenvalue weighted by atomic mass is 32.2. The standard InChI is InChI=1S/C29H30N6O4S2/c1-17-18(2)31-22-13-33(16-36)32-35(22)27(17)40-14-21-15-41-28-23(30)26(37)34(28)24(21)29(38)39-25(19-9-5-3-6-10-19)20-11-7-4-8-12-20/h3-13,23,25,28,32,36H,14-16,30H2,1-2H3/t23?,28-/m1/s1. The van der Waals surface area contributed by atoms with Crippen molar-refractivity contribution < 1.29 is 19.4 Å². The fourth-order valence-corrected chi connectivity index (χ4v) is 7.64. The maximum absolute atomic E-state index is 14.0. The highest BCUT2D eigenvalue weighted by Gasteiger charge is 2.52. The number of hydrogen-bond acceptors (Lipinski definition) is 11. The highest BCUT2D eigenvalue weighted by molar-refractivity contribution is 8.03. The van der Waals surface area contributed by atoms with E-state index in [9.17, 15) is 14.7 Å². The number of aliphatic hydroxyl groups excluding tert-OH is 1. The van der Waals surface area contributed by atoms with Gasteiger partial charge in [-0.25, -0.2) is 14.8 Å². The smallest absolute Gasteiger partial charge is 0.356 e. The van der Waals surface area contributed by atoms with E-state index in [1.165, 1.54) is 21.7 Å². The maximum Gasteiger partial charge on any atom is 0.356 e. The third-order valence-electron chi connectivity index (χ3n) is 7.32. The third kappa shape index (κ3) is 5.06. The molecule has 2 atom stereocenters. The second-order valence-electron chi connectivity index (χ2n) is 9.94. The Kier molecular flexibility index (Phi) is 7.66. The number of nitrogens with zero attached hydrogens (tertiary/aromatic N) is 4. The number of esters is 1. The van der Waals surface area contributed by atoms with Crippen molar-refractivity contribution in [2.24, 2.45) is 10.7 Å². The second kappa shape index (κ2) is 11.4. The molecular formula is C29H30N6O4S2. The molecule has 10 nitrogen and oxygen atoms in total. The van der Waals surface area contributed by atoms with Crippen LogP contribution in [0.5, 0.6) is 0 Å². The van der Waals surface area contributed by atoms with Gasteiger partial charge in [0.15, 0.2) is 11.9 Å². The van der Waals surface area contributed by atoms with Crippen LogP contribution in [0.1, 0.15) is 31.1 Å². The van der Waals surface area contributed by atoms with Gasteiger partial charge < -0.3 is 15.6 Å². The van der Waals surface area contributed by atoms with Crippen LogP contribution in [0.3, 0.4) is 0 Å². The topological polar surface area (TPSA) is 124 Å². The molecule has 0 saturated carbocycles. The number of fused-ring (bicyclic) bond motifs is 2. The average Bonchev–Trinajstić information content (AvgIpc) is 3.42. The van der Waals surface area contributed by atoms with Crippen molar-refractivity contribution in [2.75, 3.05) is 18.2 Å². The van der Waals surface area contributed by atoms with E-state index in [2.05, 4.69) is 10.5 Å². The number of hydrogen-bond donors (Lipinski definition) is 3. The summed E-state index contributed by atoms with van der Waals surface area (Å²) in [6.45, 7) is 3.71. The number of aliphatic imine (C=N–C) groups is 1. The normalized spacial score (nSPS) is 22.0. The molecule has 1 amide bonds. The third-order valence-corrected chi connectivity index (χ3v) is 9.94. The van der Waals surface area contributed by atoms with E-state index < -0.39 is 18.1 Å². The molecule has 4 aliphatic heterocycles. The van der Waals surface area contributed by atoms with E-state index in [1.807, 2.05) is 79.5 Å². The minimum Gasteiger partial charge on any atom is -0.448 e. The minimum atomic E-state index is -0.649. The summed E-state index contributed by atoms with van der Waals surface area (Å²) >= 11 is 3.09. The van der Waals surface area contributed by atoms with Crippen LogP contribution in [-0.2, 0) is 14.3 Å². The van der Waals surface area contributed by atoms with Crippen LogP contribution in [0.25, 0.3) is 0 Å². The molecule has 0 aromatic heterocycles. The summed E-state index contributed by atoms with van der Waals surface area (Å²) in [5.41, 5.74) is 13.8. The molecular weight excluding hydrogens is 560 g/mol. The van der Waals surface area contributed by atoms with Crippen LogP contribution < -0.4 is 11.3 Å². The minimum absolute atomic E-state index is 0.216. The molecule has 6 rings (SSSR count). The van der Waals surface area contributed by atoms with Crippen LogP contribution in [-0.4, -0.2) is 67.3 Å². The molecule has 41 heavy (non-hydrogen) atoms. The van der Waals surface area contributed by atoms with E-state index in [1.54, 1.807) is 18.0 Å². The molecule has 2 aromatic carbocycles. The molecule has 212 valence electrons. The van der Waals surface area contributed by atoms with Crippen LogP contribution in [0.2, 0.25) is 0 Å². The highest BCUT2D eigenvalue weighted by Crippen LogP contribution is 2.43. The Labute approximate surface area is 246 Å². The van der Waals surface area contributed by atoms with Crippen LogP contribution in [0.15, 0.2) is 99.5 Å². The number of allylic oxidation sites excluding steroid dienone is 1. The van der Waals surface area contributed by atoms with E-state index in [4.69, 9.17) is 10.5 Å². The predicted molar refractivity (Wildman–Crippen MR) is 159 cm³/mol. The van der Waals surface area contributed by atoms with E-state index in [0.29, 0.717) is 17.3 Å². The Balaban J connectivity index is 1.32. The molecule has 0 spiro atoms. The second-order valence-corrected chi connectivity index (χ2v) is 12.0. The monoisotopic (exact) mass is 590 g/mol. The molecule has 0 radical (unpaired) electrons. The molecule has 4 aliphatic rings. The SMILES string of the molecule is CC1=NC2=CN(CO)NN2C(SCC2=C(C(=O)OC(c3ccccc3)c3ccccc3)N3C(=O)C(N)[C@H]3SC2)=C1C. The zero-order valence-corrected chi connectivity index (χ0v) is 24.2. The van der Waals surface area contributed by atoms with Gasteiger partial charge in [-0.2, -0.15) is 0 Å². The number of β-lactam (4-membered cyclic amide) rings is 1. The lowest BCUT2D eigenvalue weighted by molar-refractivity contribution is -0.153. The number of thioether (sulfide) groups is 2. The van der Waals surface area contributed by atoms with Crippen LogP contribution in [0, 0.1) is 0 Å². The molecule has 2 aromatic rings. The number of carbonyl (C=O) groups excluding carboxylic acids is 2. The Morgan fingerprint density at radius 3 is 2.46 bits per heavy atom. The predicted octanol–water partition coefficient (Wildman–Crippen LogP) is 3.04. The van der Waals surface area contributed by atoms with Crippen molar-refractivity contribution in [3.05, 3.63) is 106 Å². The zero-order chi connectivity index (χ0) is 28.7. The van der Waals surface area contributed by atoms with E-state index in [0.717, 1.165) is 33.0 Å². The van der Waals surface area contributed by atoms with Crippen molar-refractivity contribution >= 4 is 41.1 Å². The Morgan fingerprint density at radius 1 is 1.17 bits per heavy atom. The van der Waals surface area contributed by atoms with E-state index in [-0.39, 0.29) is 23.7 Å². The lowest BCUT2D eigenvalue weighted by Gasteiger charge is -2.48.